The number of aromatic nitrogens is 2. The zero-order valence-corrected chi connectivity index (χ0v) is 10.8. The van der Waals surface area contributed by atoms with Gasteiger partial charge in [-0.15, -0.1) is 10.2 Å². The van der Waals surface area contributed by atoms with Gasteiger partial charge in [-0.3, -0.25) is 0 Å². The summed E-state index contributed by atoms with van der Waals surface area (Å²) in [5.41, 5.74) is 0.897. The van der Waals surface area contributed by atoms with Crippen molar-refractivity contribution < 1.29 is 17.6 Å². The number of allylic oxidation sites excluding steroid dienone is 2. The van der Waals surface area contributed by atoms with Crippen molar-refractivity contribution in [1.29, 1.82) is 5.26 Å². The molecule has 0 saturated carbocycles. The van der Waals surface area contributed by atoms with E-state index in [-0.39, 0.29) is 5.89 Å². The largest absolute Gasteiger partial charge is 0.415 e. The third kappa shape index (κ3) is 2.33. The van der Waals surface area contributed by atoms with E-state index in [1.54, 1.807) is 17.4 Å². The molecule has 1 aliphatic rings. The smallest absolute Gasteiger partial charge is 0.279 e. The van der Waals surface area contributed by atoms with Crippen LogP contribution >= 0.6 is 0 Å². The molecule has 0 saturated heterocycles. The molecule has 0 fully saturated rings. The molecule has 1 aromatic carbocycles. The summed E-state index contributed by atoms with van der Waals surface area (Å²) in [5.74, 6) is -5.88. The maximum atomic E-state index is 14.5. The molecule has 0 aliphatic carbocycles. The number of halogens is 3. The van der Waals surface area contributed by atoms with Gasteiger partial charge in [0, 0.05) is 5.56 Å². The highest BCUT2D eigenvalue weighted by atomic mass is 19.2. The van der Waals surface area contributed by atoms with E-state index >= 15 is 0 Å². The predicted molar refractivity (Wildman–Crippen MR) is 68.8 cm³/mol. The highest BCUT2D eigenvalue weighted by molar-refractivity contribution is 5.54. The van der Waals surface area contributed by atoms with Crippen LogP contribution in [0.15, 0.2) is 52.6 Å². The second-order valence-electron chi connectivity index (χ2n) is 4.43. The molecule has 0 spiro atoms. The van der Waals surface area contributed by atoms with Crippen molar-refractivity contribution in [3.8, 4) is 17.5 Å². The van der Waals surface area contributed by atoms with Gasteiger partial charge in [-0.2, -0.15) is 9.65 Å². The Morgan fingerprint density at radius 2 is 1.91 bits per heavy atom. The quantitative estimate of drug-likeness (QED) is 0.863. The first kappa shape index (κ1) is 13.9. The standard InChI is InChI=1S/C14H7F3N4O/c15-10-5-6-14(17,19-11(10)16)13-21-20-12(22-13)9-3-1-8(7-18)2-4-9/h1-6,19H. The Morgan fingerprint density at radius 1 is 1.18 bits per heavy atom. The molecule has 1 atom stereocenters. The second kappa shape index (κ2) is 5.04. The van der Waals surface area contributed by atoms with Gasteiger partial charge in [0.15, 0.2) is 5.83 Å². The minimum atomic E-state index is -2.63. The molecule has 1 aliphatic heterocycles. The van der Waals surface area contributed by atoms with Crippen LogP contribution in [-0.4, -0.2) is 10.2 Å². The van der Waals surface area contributed by atoms with Gasteiger partial charge in [0.25, 0.3) is 11.7 Å². The van der Waals surface area contributed by atoms with E-state index in [2.05, 4.69) is 10.2 Å². The average Bonchev–Trinajstić information content (AvgIpc) is 3.02. The van der Waals surface area contributed by atoms with E-state index in [0.717, 1.165) is 6.08 Å². The van der Waals surface area contributed by atoms with Crippen LogP contribution in [0, 0.1) is 11.3 Å². The summed E-state index contributed by atoms with van der Waals surface area (Å²) in [7, 11) is 0. The Labute approximate surface area is 122 Å². The summed E-state index contributed by atoms with van der Waals surface area (Å²) in [6.07, 6.45) is 1.37. The molecule has 0 bridgehead atoms. The third-order valence-corrected chi connectivity index (χ3v) is 2.96. The number of nitrogens with one attached hydrogen (secondary N) is 1. The van der Waals surface area contributed by atoms with Crippen molar-refractivity contribution in [2.75, 3.05) is 0 Å². The van der Waals surface area contributed by atoms with Crippen LogP contribution in [-0.2, 0) is 5.79 Å². The highest BCUT2D eigenvalue weighted by Crippen LogP contribution is 2.32. The molecule has 22 heavy (non-hydrogen) atoms. The Kier molecular flexibility index (Phi) is 3.18. The number of alkyl halides is 1. The van der Waals surface area contributed by atoms with Crippen molar-refractivity contribution in [3.05, 3.63) is 59.6 Å². The minimum Gasteiger partial charge on any atom is -0.415 e. The maximum Gasteiger partial charge on any atom is 0.279 e. The van der Waals surface area contributed by atoms with Crippen molar-refractivity contribution in [2.24, 2.45) is 0 Å². The first-order valence-corrected chi connectivity index (χ1v) is 6.08. The fourth-order valence-corrected chi connectivity index (χ4v) is 1.82. The molecule has 2 aromatic rings. The Morgan fingerprint density at radius 3 is 2.55 bits per heavy atom. The molecule has 0 amide bonds. The van der Waals surface area contributed by atoms with Gasteiger partial charge in [-0.1, -0.05) is 0 Å². The van der Waals surface area contributed by atoms with E-state index in [1.165, 1.54) is 12.1 Å². The van der Waals surface area contributed by atoms with Gasteiger partial charge in [-0.05, 0) is 36.4 Å². The summed E-state index contributed by atoms with van der Waals surface area (Å²) < 4.78 is 45.7. The lowest BCUT2D eigenvalue weighted by Crippen LogP contribution is -2.37. The number of hydrogen-bond donors (Lipinski definition) is 1. The van der Waals surface area contributed by atoms with Crippen LogP contribution in [0.3, 0.4) is 0 Å². The number of rotatable bonds is 2. The number of dihydropyridines is 1. The van der Waals surface area contributed by atoms with Crippen LogP contribution in [0.25, 0.3) is 11.5 Å². The number of nitrogens with zero attached hydrogens (tertiary/aromatic N) is 3. The van der Waals surface area contributed by atoms with E-state index in [1.807, 2.05) is 6.07 Å². The summed E-state index contributed by atoms with van der Waals surface area (Å²) in [6, 6.07) is 8.10. The zero-order chi connectivity index (χ0) is 15.7. The van der Waals surface area contributed by atoms with E-state index in [9.17, 15) is 13.2 Å². The topological polar surface area (TPSA) is 74.7 Å². The normalized spacial score (nSPS) is 20.6. The van der Waals surface area contributed by atoms with Gasteiger partial charge in [0.2, 0.25) is 11.8 Å². The molecule has 1 N–H and O–H groups in total. The first-order chi connectivity index (χ1) is 10.5. The summed E-state index contributed by atoms with van der Waals surface area (Å²) in [4.78, 5) is 0. The van der Waals surface area contributed by atoms with Crippen molar-refractivity contribution >= 4 is 0 Å². The van der Waals surface area contributed by atoms with Crippen LogP contribution in [0.2, 0.25) is 0 Å². The van der Waals surface area contributed by atoms with Gasteiger partial charge >= 0.3 is 0 Å². The zero-order valence-electron chi connectivity index (χ0n) is 10.8. The molecule has 3 rings (SSSR count). The molecule has 2 heterocycles. The van der Waals surface area contributed by atoms with Crippen molar-refractivity contribution in [1.82, 2.24) is 15.5 Å². The van der Waals surface area contributed by atoms with Crippen LogP contribution in [0.5, 0.6) is 0 Å². The monoisotopic (exact) mass is 304 g/mol. The second-order valence-corrected chi connectivity index (χ2v) is 4.43. The van der Waals surface area contributed by atoms with Crippen molar-refractivity contribution in [3.63, 3.8) is 0 Å². The molecule has 1 unspecified atom stereocenters. The van der Waals surface area contributed by atoms with Gasteiger partial charge in [-0.25, -0.2) is 8.78 Å². The third-order valence-electron chi connectivity index (χ3n) is 2.96. The fourth-order valence-electron chi connectivity index (χ4n) is 1.82. The van der Waals surface area contributed by atoms with Crippen molar-refractivity contribution in [2.45, 2.75) is 5.79 Å². The number of hydrogen-bond acceptors (Lipinski definition) is 5. The Bertz CT molecular complexity index is 819. The molecule has 0 radical (unpaired) electrons. The molecule has 1 aromatic heterocycles. The minimum absolute atomic E-state index is 0.0119. The summed E-state index contributed by atoms with van der Waals surface area (Å²) in [6.45, 7) is 0. The number of nitriles is 1. The van der Waals surface area contributed by atoms with E-state index < -0.39 is 23.5 Å². The first-order valence-electron chi connectivity index (χ1n) is 6.08. The average molecular weight is 304 g/mol. The van der Waals surface area contributed by atoms with Crippen LogP contribution < -0.4 is 5.32 Å². The molecular formula is C14H7F3N4O. The number of benzene rings is 1. The van der Waals surface area contributed by atoms with Gasteiger partial charge in [0.05, 0.1) is 11.6 Å². The predicted octanol–water partition coefficient (Wildman–Crippen LogP) is 3.00. The summed E-state index contributed by atoms with van der Waals surface area (Å²) >= 11 is 0. The lowest BCUT2D eigenvalue weighted by atomic mass is 10.1. The lowest BCUT2D eigenvalue weighted by molar-refractivity contribution is 0.131. The Hall–Kier alpha value is -3.08. The lowest BCUT2D eigenvalue weighted by Gasteiger charge is -2.21. The van der Waals surface area contributed by atoms with E-state index in [4.69, 9.17) is 9.68 Å². The van der Waals surface area contributed by atoms with Gasteiger partial charge in [0.1, 0.15) is 0 Å². The highest BCUT2D eigenvalue weighted by Gasteiger charge is 2.39. The SMILES string of the molecule is N#Cc1ccc(-c2nnc(C3(F)C=CC(F)=C(F)N3)o2)cc1. The maximum absolute atomic E-state index is 14.5. The molecular weight excluding hydrogens is 297 g/mol. The molecule has 8 heteroatoms. The van der Waals surface area contributed by atoms with Gasteiger partial charge < -0.3 is 9.73 Å². The van der Waals surface area contributed by atoms with Crippen LogP contribution in [0.4, 0.5) is 13.2 Å². The van der Waals surface area contributed by atoms with E-state index in [0.29, 0.717) is 17.2 Å². The molecule has 5 nitrogen and oxygen atoms in total. The Balaban J connectivity index is 1.91. The van der Waals surface area contributed by atoms with Crippen LogP contribution in [0.1, 0.15) is 11.5 Å². The molecule has 110 valence electrons. The summed E-state index contributed by atoms with van der Waals surface area (Å²) in [5, 5.41) is 17.6. The fraction of sp³-hybridized carbons (Fsp3) is 0.0714.